The van der Waals surface area contributed by atoms with Crippen molar-refractivity contribution >= 4 is 35.5 Å². The van der Waals surface area contributed by atoms with Crippen LogP contribution >= 0.6 is 0 Å². The smallest absolute Gasteiger partial charge is 0.305 e. The molecule has 6 atom stereocenters. The summed E-state index contributed by atoms with van der Waals surface area (Å²) in [6, 6.07) is 0.671. The van der Waals surface area contributed by atoms with Gasteiger partial charge < -0.3 is 29.4 Å². The van der Waals surface area contributed by atoms with Crippen LogP contribution in [0.5, 0.6) is 0 Å². The van der Waals surface area contributed by atoms with Crippen molar-refractivity contribution in [3.63, 3.8) is 0 Å². The molecule has 4 heterocycles. The molecule has 10 rings (SSSR count). The van der Waals surface area contributed by atoms with Gasteiger partial charge in [-0.05, 0) is 99.7 Å². The largest absolute Gasteiger partial charge is 0.481 e. The van der Waals surface area contributed by atoms with E-state index in [1.807, 2.05) is 23.9 Å². The molecule has 2 aromatic heterocycles. The van der Waals surface area contributed by atoms with E-state index in [2.05, 4.69) is 19.8 Å². The van der Waals surface area contributed by atoms with Crippen LogP contribution in [0.4, 0.5) is 41.1 Å². The summed E-state index contributed by atoms with van der Waals surface area (Å²) < 4.78 is 63.7. The van der Waals surface area contributed by atoms with Gasteiger partial charge in [-0.25, -0.2) is 9.97 Å². The predicted octanol–water partition coefficient (Wildman–Crippen LogP) is 6.19. The van der Waals surface area contributed by atoms with Crippen molar-refractivity contribution < 1.29 is 37.0 Å². The van der Waals surface area contributed by atoms with Gasteiger partial charge in [0.15, 0.2) is 0 Å². The molecule has 0 radical (unpaired) electrons. The SMILES string of the molecule is CN(c1nc(N2C[C@@H]3C(CC(=O)O)[C@@H]3C2)c2c(n1)C(F)(F)CCC2)C1CCC1.COC(=O)CC1[C@H]2CN(c3nc(N(C)C4CCC4)nc4c3CCCC4(F)F)C[C@@H]12. The Morgan fingerprint density at radius 3 is 1.44 bits per heavy atom. The number of aliphatic carboxylic acids is 1. The summed E-state index contributed by atoms with van der Waals surface area (Å²) >= 11 is 0. The molecule has 6 aliphatic carbocycles. The van der Waals surface area contributed by atoms with Gasteiger partial charge in [0.1, 0.15) is 23.0 Å². The summed E-state index contributed by atoms with van der Waals surface area (Å²) in [6.07, 6.45) is 8.99. The minimum atomic E-state index is -2.91. The third-order valence-electron chi connectivity index (χ3n) is 14.7. The lowest BCUT2D eigenvalue weighted by atomic mass is 9.91. The number of methoxy groups -OCH3 is 1. The number of carboxylic acid groups (broad SMARTS) is 1. The van der Waals surface area contributed by atoms with E-state index in [4.69, 9.17) is 19.8 Å². The Labute approximate surface area is 330 Å². The van der Waals surface area contributed by atoms with Crippen LogP contribution in [0.1, 0.15) is 99.6 Å². The monoisotopic (exact) mass is 798 g/mol. The van der Waals surface area contributed by atoms with Gasteiger partial charge in [-0.3, -0.25) is 9.59 Å². The van der Waals surface area contributed by atoms with Gasteiger partial charge in [0.2, 0.25) is 11.9 Å². The van der Waals surface area contributed by atoms with Crippen LogP contribution in [0.3, 0.4) is 0 Å². The number of hydrogen-bond acceptors (Lipinski definition) is 11. The molecule has 12 nitrogen and oxygen atoms in total. The average molecular weight is 799 g/mol. The Kier molecular flexibility index (Phi) is 9.73. The van der Waals surface area contributed by atoms with Gasteiger partial charge in [-0.15, -0.1) is 0 Å². The highest BCUT2D eigenvalue weighted by Gasteiger charge is 2.58. The number of aromatic nitrogens is 4. The van der Waals surface area contributed by atoms with Crippen molar-refractivity contribution in [2.24, 2.45) is 35.5 Å². The first-order valence-corrected chi connectivity index (χ1v) is 21.1. The van der Waals surface area contributed by atoms with Crippen molar-refractivity contribution in [2.45, 2.75) is 114 Å². The number of carbonyl (C=O) groups excluding carboxylic acids is 1. The Bertz CT molecular complexity index is 1890. The molecular weight excluding hydrogens is 744 g/mol. The number of rotatable bonds is 10. The minimum Gasteiger partial charge on any atom is -0.481 e. The number of carboxylic acids is 1. The lowest BCUT2D eigenvalue weighted by molar-refractivity contribution is -0.141. The lowest BCUT2D eigenvalue weighted by Crippen LogP contribution is -2.39. The standard InChI is InChI=1S/C21H28F2N4O2.C20H26F2N4O2/c1-26(12-5-3-6-12)20-24-18-13(7-4-8-21(18,22)23)19(25-20)27-10-15-14(16(15)11-27)9-17(28)29-2;1-25(11-4-2-5-11)19-23-17-12(6-3-7-20(17,21)22)18(24-19)26-9-14-13(8-16(27)28)15(14)10-26/h12,14-16H,3-11H2,1-2H3;11,13-15H,2-10H2,1H3,(H,27,28)/t14?,15-,16+;13?,14-,15+. The first kappa shape index (κ1) is 38.5. The highest BCUT2D eigenvalue weighted by molar-refractivity contribution is 5.70. The van der Waals surface area contributed by atoms with Gasteiger partial charge in [0, 0.05) is 89.2 Å². The van der Waals surface area contributed by atoms with Crippen LogP contribution in [-0.2, 0) is 39.0 Å². The number of anilines is 4. The van der Waals surface area contributed by atoms with Crippen LogP contribution in [0.15, 0.2) is 0 Å². The summed E-state index contributed by atoms with van der Waals surface area (Å²) in [5, 5.41) is 9.03. The Morgan fingerprint density at radius 2 is 1.09 bits per heavy atom. The number of carbonyl (C=O) groups is 2. The number of hydrogen-bond donors (Lipinski definition) is 1. The molecule has 16 heteroatoms. The molecule has 0 aromatic carbocycles. The number of nitrogens with zero attached hydrogens (tertiary/aromatic N) is 8. The van der Waals surface area contributed by atoms with Crippen molar-refractivity contribution in [1.29, 1.82) is 0 Å². The van der Waals surface area contributed by atoms with E-state index in [1.54, 1.807) is 0 Å². The zero-order valence-electron chi connectivity index (χ0n) is 33.1. The number of fused-ring (bicyclic) bond motifs is 4. The molecule has 0 bridgehead atoms. The van der Waals surface area contributed by atoms with Gasteiger partial charge in [0.05, 0.1) is 7.11 Å². The van der Waals surface area contributed by atoms with Crippen LogP contribution in [0.2, 0.25) is 0 Å². The second-order valence-corrected chi connectivity index (χ2v) is 18.0. The topological polar surface area (TPSA) is 128 Å². The fourth-order valence-corrected chi connectivity index (χ4v) is 10.6. The molecule has 2 saturated heterocycles. The second-order valence-electron chi connectivity index (χ2n) is 18.0. The van der Waals surface area contributed by atoms with E-state index >= 15 is 0 Å². The Hall–Kier alpha value is -3.98. The first-order valence-electron chi connectivity index (χ1n) is 21.1. The van der Waals surface area contributed by atoms with E-state index in [0.29, 0.717) is 122 Å². The number of esters is 1. The molecule has 0 amide bonds. The van der Waals surface area contributed by atoms with E-state index in [9.17, 15) is 27.2 Å². The molecule has 6 fully saturated rings. The van der Waals surface area contributed by atoms with Gasteiger partial charge in [-0.2, -0.15) is 27.5 Å². The van der Waals surface area contributed by atoms with Crippen molar-refractivity contribution in [2.75, 3.05) is 67.0 Å². The van der Waals surface area contributed by atoms with Crippen molar-refractivity contribution in [1.82, 2.24) is 19.9 Å². The zero-order valence-corrected chi connectivity index (χ0v) is 33.1. The quantitative estimate of drug-likeness (QED) is 0.218. The molecule has 2 aliphatic heterocycles. The Balaban J connectivity index is 0.000000148. The van der Waals surface area contributed by atoms with Gasteiger partial charge >= 0.3 is 11.9 Å². The van der Waals surface area contributed by atoms with Gasteiger partial charge in [-0.1, -0.05) is 0 Å². The molecule has 2 aromatic rings. The molecule has 4 saturated carbocycles. The fourth-order valence-electron chi connectivity index (χ4n) is 10.6. The maximum absolute atomic E-state index is 14.8. The highest BCUT2D eigenvalue weighted by Crippen LogP contribution is 2.56. The van der Waals surface area contributed by atoms with Crippen LogP contribution in [0.25, 0.3) is 0 Å². The van der Waals surface area contributed by atoms with E-state index in [1.165, 1.54) is 13.5 Å². The fraction of sp³-hybridized carbons (Fsp3) is 0.756. The summed E-state index contributed by atoms with van der Waals surface area (Å²) in [5.41, 5.74) is 1.06. The molecule has 0 spiro atoms. The second kappa shape index (κ2) is 14.4. The normalized spacial score (nSPS) is 30.0. The molecular formula is C41H54F4N8O4. The van der Waals surface area contributed by atoms with Crippen LogP contribution in [-0.4, -0.2) is 96.4 Å². The molecule has 1 N–H and O–H groups in total. The highest BCUT2D eigenvalue weighted by atomic mass is 19.3. The first-order chi connectivity index (χ1) is 27.2. The zero-order chi connectivity index (χ0) is 40.0. The maximum atomic E-state index is 14.8. The summed E-state index contributed by atoms with van der Waals surface area (Å²) in [5.74, 6) is -2.41. The van der Waals surface area contributed by atoms with Crippen molar-refractivity contribution in [3.8, 4) is 0 Å². The molecule has 57 heavy (non-hydrogen) atoms. The summed E-state index contributed by atoms with van der Waals surface area (Å²) in [4.78, 5) is 49.1. The average Bonchev–Trinajstić information content (AvgIpc) is 3.73. The van der Waals surface area contributed by atoms with Gasteiger partial charge in [0.25, 0.3) is 11.8 Å². The van der Waals surface area contributed by atoms with Crippen LogP contribution in [0, 0.1) is 35.5 Å². The number of piperidine rings is 2. The number of halogens is 4. The summed E-state index contributed by atoms with van der Waals surface area (Å²) in [6.45, 7) is 2.97. The third-order valence-corrected chi connectivity index (χ3v) is 14.7. The minimum absolute atomic E-state index is 0.0680. The Morgan fingerprint density at radius 1 is 0.684 bits per heavy atom. The third kappa shape index (κ3) is 7.03. The number of ether oxygens (including phenoxy) is 1. The lowest BCUT2D eigenvalue weighted by Gasteiger charge is -2.37. The molecule has 8 aliphatic rings. The molecule has 2 unspecified atom stereocenters. The number of alkyl halides is 4. The van der Waals surface area contributed by atoms with E-state index < -0.39 is 17.8 Å². The van der Waals surface area contributed by atoms with E-state index in [-0.39, 0.29) is 42.5 Å². The molecule has 310 valence electrons. The summed E-state index contributed by atoms with van der Waals surface area (Å²) in [7, 11) is 5.24. The van der Waals surface area contributed by atoms with Crippen molar-refractivity contribution in [3.05, 3.63) is 22.5 Å². The van der Waals surface area contributed by atoms with Crippen LogP contribution < -0.4 is 19.6 Å². The maximum Gasteiger partial charge on any atom is 0.305 e. The predicted molar refractivity (Wildman–Crippen MR) is 204 cm³/mol. The van der Waals surface area contributed by atoms with E-state index in [0.717, 1.165) is 45.2 Å².